The van der Waals surface area contributed by atoms with Crippen molar-refractivity contribution in [2.24, 2.45) is 5.92 Å². The molecule has 1 fully saturated rings. The number of likely N-dealkylation sites (N-methyl/N-ethyl adjacent to an activating group) is 1. The second-order valence-corrected chi connectivity index (χ2v) is 8.47. The summed E-state index contributed by atoms with van der Waals surface area (Å²) in [5, 5.41) is 6.14. The van der Waals surface area contributed by atoms with E-state index < -0.39 is 0 Å². The summed E-state index contributed by atoms with van der Waals surface area (Å²) >= 11 is 0. The molecule has 26 heavy (non-hydrogen) atoms. The predicted octanol–water partition coefficient (Wildman–Crippen LogP) is 2.88. The molecule has 1 saturated carbocycles. The molecule has 5 heteroatoms. The largest absolute Gasteiger partial charge is 0.350 e. The van der Waals surface area contributed by atoms with Crippen molar-refractivity contribution in [2.45, 2.75) is 58.0 Å². The van der Waals surface area contributed by atoms with Crippen LogP contribution in [-0.4, -0.2) is 42.4 Å². The molecule has 1 aromatic carbocycles. The highest BCUT2D eigenvalue weighted by Gasteiger charge is 2.28. The Labute approximate surface area is 157 Å². The maximum absolute atomic E-state index is 12.6. The molecule has 144 valence electrons. The van der Waals surface area contributed by atoms with E-state index >= 15 is 0 Å². The van der Waals surface area contributed by atoms with Gasteiger partial charge in [-0.3, -0.25) is 14.5 Å². The molecule has 0 aliphatic heterocycles. The molecule has 1 unspecified atom stereocenters. The fourth-order valence-corrected chi connectivity index (χ4v) is 3.65. The van der Waals surface area contributed by atoms with Crippen LogP contribution >= 0.6 is 0 Å². The molecule has 2 amide bonds. The Morgan fingerprint density at radius 2 is 1.65 bits per heavy atom. The number of hydrogen-bond acceptors (Lipinski definition) is 3. The van der Waals surface area contributed by atoms with Gasteiger partial charge < -0.3 is 10.6 Å². The number of benzene rings is 1. The first-order valence-corrected chi connectivity index (χ1v) is 9.58. The van der Waals surface area contributed by atoms with Crippen LogP contribution < -0.4 is 10.6 Å². The zero-order valence-electron chi connectivity index (χ0n) is 16.5. The Bertz CT molecular complexity index is 589. The van der Waals surface area contributed by atoms with Crippen molar-refractivity contribution in [3.8, 4) is 0 Å². The summed E-state index contributed by atoms with van der Waals surface area (Å²) in [5.41, 5.74) is 0.905. The van der Waals surface area contributed by atoms with Crippen LogP contribution in [-0.2, 0) is 9.59 Å². The summed E-state index contributed by atoms with van der Waals surface area (Å²) in [6.07, 6.45) is 4.78. The predicted molar refractivity (Wildman–Crippen MR) is 105 cm³/mol. The van der Waals surface area contributed by atoms with Crippen molar-refractivity contribution >= 4 is 11.8 Å². The molecule has 1 aromatic rings. The third-order valence-corrected chi connectivity index (χ3v) is 4.69. The highest BCUT2D eigenvalue weighted by molar-refractivity contribution is 5.81. The van der Waals surface area contributed by atoms with Gasteiger partial charge in [0.2, 0.25) is 11.8 Å². The van der Waals surface area contributed by atoms with Crippen molar-refractivity contribution in [3.63, 3.8) is 0 Å². The summed E-state index contributed by atoms with van der Waals surface area (Å²) in [4.78, 5) is 26.4. The zero-order chi connectivity index (χ0) is 19.2. The van der Waals surface area contributed by atoms with E-state index in [0.717, 1.165) is 12.8 Å². The van der Waals surface area contributed by atoms with Crippen LogP contribution in [0.5, 0.6) is 0 Å². The molecule has 1 aliphatic carbocycles. The van der Waals surface area contributed by atoms with Gasteiger partial charge in [-0.1, -0.05) is 43.2 Å². The van der Waals surface area contributed by atoms with E-state index in [1.807, 2.05) is 39.0 Å². The standard InChI is InChI=1S/C21H33N3O2/c1-21(2,3)23-19(26)15-24(4)14-18(25)22-20(17-12-8-9-13-17)16-10-6-5-7-11-16/h5-7,10-11,17,20H,8-9,12-15H2,1-4H3,(H,22,25)(H,23,26). The third kappa shape index (κ3) is 6.79. The van der Waals surface area contributed by atoms with E-state index in [4.69, 9.17) is 0 Å². The maximum atomic E-state index is 12.6. The number of amides is 2. The molecular weight excluding hydrogens is 326 g/mol. The van der Waals surface area contributed by atoms with Gasteiger partial charge in [0.15, 0.2) is 0 Å². The molecule has 1 aliphatic rings. The minimum Gasteiger partial charge on any atom is -0.350 e. The van der Waals surface area contributed by atoms with Gasteiger partial charge in [-0.2, -0.15) is 0 Å². The van der Waals surface area contributed by atoms with E-state index in [-0.39, 0.29) is 36.5 Å². The molecule has 0 saturated heterocycles. The summed E-state index contributed by atoms with van der Waals surface area (Å²) < 4.78 is 0. The van der Waals surface area contributed by atoms with Crippen molar-refractivity contribution in [1.82, 2.24) is 15.5 Å². The van der Waals surface area contributed by atoms with Crippen LogP contribution in [0.1, 0.15) is 58.1 Å². The van der Waals surface area contributed by atoms with Crippen LogP contribution in [0.15, 0.2) is 30.3 Å². The first kappa shape index (κ1) is 20.4. The van der Waals surface area contributed by atoms with Crippen LogP contribution in [0.2, 0.25) is 0 Å². The third-order valence-electron chi connectivity index (χ3n) is 4.69. The zero-order valence-corrected chi connectivity index (χ0v) is 16.5. The lowest BCUT2D eigenvalue weighted by Gasteiger charge is -2.27. The van der Waals surface area contributed by atoms with E-state index in [1.165, 1.54) is 18.4 Å². The Hall–Kier alpha value is -1.88. The molecule has 1 atom stereocenters. The summed E-state index contributed by atoms with van der Waals surface area (Å²) in [6, 6.07) is 10.3. The van der Waals surface area contributed by atoms with E-state index in [2.05, 4.69) is 22.8 Å². The van der Waals surface area contributed by atoms with Crippen molar-refractivity contribution in [1.29, 1.82) is 0 Å². The lowest BCUT2D eigenvalue weighted by Crippen LogP contribution is -2.47. The van der Waals surface area contributed by atoms with E-state index in [9.17, 15) is 9.59 Å². The van der Waals surface area contributed by atoms with Crippen LogP contribution in [0.25, 0.3) is 0 Å². The summed E-state index contributed by atoms with van der Waals surface area (Å²) in [6.45, 7) is 6.27. The molecule has 0 radical (unpaired) electrons. The minimum atomic E-state index is -0.263. The van der Waals surface area contributed by atoms with Gasteiger partial charge >= 0.3 is 0 Å². The number of hydrogen-bond donors (Lipinski definition) is 2. The Balaban J connectivity index is 1.91. The van der Waals surface area contributed by atoms with Crippen molar-refractivity contribution in [3.05, 3.63) is 35.9 Å². The Morgan fingerprint density at radius 1 is 1.08 bits per heavy atom. The monoisotopic (exact) mass is 359 g/mol. The van der Waals surface area contributed by atoms with Crippen molar-refractivity contribution < 1.29 is 9.59 Å². The second-order valence-electron chi connectivity index (χ2n) is 8.47. The fraction of sp³-hybridized carbons (Fsp3) is 0.619. The summed E-state index contributed by atoms with van der Waals surface area (Å²) in [5.74, 6) is 0.399. The van der Waals surface area contributed by atoms with Crippen LogP contribution in [0.3, 0.4) is 0 Å². The fourth-order valence-electron chi connectivity index (χ4n) is 3.65. The van der Waals surface area contributed by atoms with Gasteiger partial charge in [-0.15, -0.1) is 0 Å². The maximum Gasteiger partial charge on any atom is 0.234 e. The SMILES string of the molecule is CN(CC(=O)NC(c1ccccc1)C1CCCC1)CC(=O)NC(C)(C)C. The van der Waals surface area contributed by atoms with E-state index in [1.54, 1.807) is 11.9 Å². The average Bonchev–Trinajstić information content (AvgIpc) is 3.05. The normalized spacial score (nSPS) is 16.5. The number of rotatable bonds is 7. The highest BCUT2D eigenvalue weighted by atomic mass is 16.2. The van der Waals surface area contributed by atoms with Crippen LogP contribution in [0, 0.1) is 5.92 Å². The van der Waals surface area contributed by atoms with Gasteiger partial charge in [0, 0.05) is 5.54 Å². The van der Waals surface area contributed by atoms with Gasteiger partial charge in [-0.05, 0) is 52.1 Å². The Kier molecular flexibility index (Phi) is 7.21. The molecule has 0 aromatic heterocycles. The molecule has 0 heterocycles. The first-order chi connectivity index (χ1) is 12.2. The quantitative estimate of drug-likeness (QED) is 0.787. The molecule has 0 bridgehead atoms. The van der Waals surface area contributed by atoms with E-state index in [0.29, 0.717) is 5.92 Å². The number of carbonyl (C=O) groups excluding carboxylic acids is 2. The Morgan fingerprint density at radius 3 is 2.23 bits per heavy atom. The summed E-state index contributed by atoms with van der Waals surface area (Å²) in [7, 11) is 1.80. The minimum absolute atomic E-state index is 0.0307. The number of nitrogens with zero attached hydrogens (tertiary/aromatic N) is 1. The number of carbonyl (C=O) groups is 2. The van der Waals surface area contributed by atoms with Crippen molar-refractivity contribution in [2.75, 3.05) is 20.1 Å². The molecule has 2 N–H and O–H groups in total. The van der Waals surface area contributed by atoms with Gasteiger partial charge in [0.05, 0.1) is 19.1 Å². The van der Waals surface area contributed by atoms with Gasteiger partial charge in [0.1, 0.15) is 0 Å². The molecular formula is C21H33N3O2. The van der Waals surface area contributed by atoms with Gasteiger partial charge in [-0.25, -0.2) is 0 Å². The lowest BCUT2D eigenvalue weighted by atomic mass is 9.91. The number of nitrogens with one attached hydrogen (secondary N) is 2. The highest BCUT2D eigenvalue weighted by Crippen LogP contribution is 2.35. The molecule has 2 rings (SSSR count). The molecule has 5 nitrogen and oxygen atoms in total. The first-order valence-electron chi connectivity index (χ1n) is 9.58. The molecule has 0 spiro atoms. The lowest BCUT2D eigenvalue weighted by molar-refractivity contribution is -0.125. The topological polar surface area (TPSA) is 61.4 Å². The average molecular weight is 360 g/mol. The van der Waals surface area contributed by atoms with Crippen LogP contribution in [0.4, 0.5) is 0 Å². The smallest absolute Gasteiger partial charge is 0.234 e. The second kappa shape index (κ2) is 9.17. The van der Waals surface area contributed by atoms with Gasteiger partial charge in [0.25, 0.3) is 0 Å².